The SMILES string of the molecule is CC(Cc1ccc(OCO[PH](=O)O)cc1)NCC(O)c1cccc(Cl)c1. The van der Waals surface area contributed by atoms with E-state index < -0.39 is 14.4 Å². The average molecular weight is 400 g/mol. The molecule has 0 amide bonds. The Hall–Kier alpha value is -1.40. The second-order valence-electron chi connectivity index (χ2n) is 5.90. The van der Waals surface area contributed by atoms with Gasteiger partial charge in [-0.3, -0.25) is 9.09 Å². The Labute approximate surface area is 158 Å². The molecule has 0 aliphatic carbocycles. The van der Waals surface area contributed by atoms with Gasteiger partial charge in [-0.1, -0.05) is 35.9 Å². The number of rotatable bonds is 10. The summed E-state index contributed by atoms with van der Waals surface area (Å²) in [7, 11) is -2.97. The van der Waals surface area contributed by atoms with Crippen molar-refractivity contribution >= 4 is 19.9 Å². The van der Waals surface area contributed by atoms with E-state index >= 15 is 0 Å². The lowest BCUT2D eigenvalue weighted by Crippen LogP contribution is -2.32. The number of benzene rings is 2. The Balaban J connectivity index is 1.76. The van der Waals surface area contributed by atoms with Crippen LogP contribution in [0.15, 0.2) is 48.5 Å². The van der Waals surface area contributed by atoms with Crippen LogP contribution in [0.1, 0.15) is 24.2 Å². The minimum atomic E-state index is -2.97. The summed E-state index contributed by atoms with van der Waals surface area (Å²) in [6, 6.07) is 14.8. The average Bonchev–Trinajstić information content (AvgIpc) is 2.61. The lowest BCUT2D eigenvalue weighted by atomic mass is 10.1. The molecule has 0 radical (unpaired) electrons. The van der Waals surface area contributed by atoms with E-state index in [1.54, 1.807) is 24.3 Å². The topological polar surface area (TPSA) is 88.0 Å². The smallest absolute Gasteiger partial charge is 0.319 e. The molecule has 0 aliphatic heterocycles. The van der Waals surface area contributed by atoms with Crippen LogP contribution in [0.25, 0.3) is 0 Å². The summed E-state index contributed by atoms with van der Waals surface area (Å²) in [5.41, 5.74) is 1.89. The highest BCUT2D eigenvalue weighted by molar-refractivity contribution is 7.32. The molecule has 2 aromatic carbocycles. The van der Waals surface area contributed by atoms with Crippen LogP contribution < -0.4 is 10.1 Å². The largest absolute Gasteiger partial charge is 0.467 e. The van der Waals surface area contributed by atoms with Crippen molar-refractivity contribution in [1.29, 1.82) is 0 Å². The first-order chi connectivity index (χ1) is 12.4. The fourth-order valence-electron chi connectivity index (χ4n) is 2.44. The van der Waals surface area contributed by atoms with Crippen molar-refractivity contribution in [3.63, 3.8) is 0 Å². The third kappa shape index (κ3) is 7.46. The highest BCUT2D eigenvalue weighted by atomic mass is 35.5. The van der Waals surface area contributed by atoms with E-state index in [4.69, 9.17) is 21.2 Å². The fourth-order valence-corrected chi connectivity index (χ4v) is 2.80. The molecule has 2 aromatic rings. The monoisotopic (exact) mass is 399 g/mol. The van der Waals surface area contributed by atoms with Gasteiger partial charge in [0, 0.05) is 17.6 Å². The molecule has 142 valence electrons. The van der Waals surface area contributed by atoms with Gasteiger partial charge in [0.25, 0.3) is 0 Å². The van der Waals surface area contributed by atoms with Crippen LogP contribution in [0.5, 0.6) is 5.75 Å². The van der Waals surface area contributed by atoms with Crippen molar-refractivity contribution in [2.24, 2.45) is 0 Å². The second-order valence-corrected chi connectivity index (χ2v) is 7.16. The lowest BCUT2D eigenvalue weighted by Gasteiger charge is -2.18. The molecular formula is C18H23ClNO5P. The molecule has 0 bridgehead atoms. The molecule has 3 atom stereocenters. The predicted molar refractivity (Wildman–Crippen MR) is 102 cm³/mol. The molecular weight excluding hydrogens is 377 g/mol. The van der Waals surface area contributed by atoms with Crippen LogP contribution in [-0.4, -0.2) is 29.4 Å². The summed E-state index contributed by atoms with van der Waals surface area (Å²) in [5.74, 6) is 0.564. The third-order valence-electron chi connectivity index (χ3n) is 3.77. The number of aliphatic hydroxyl groups excluding tert-OH is 1. The maximum atomic E-state index is 10.4. The maximum absolute atomic E-state index is 10.4. The van der Waals surface area contributed by atoms with Gasteiger partial charge in [0.1, 0.15) is 5.75 Å². The van der Waals surface area contributed by atoms with Crippen molar-refractivity contribution in [2.75, 3.05) is 13.3 Å². The molecule has 0 aliphatic rings. The van der Waals surface area contributed by atoms with E-state index in [9.17, 15) is 9.67 Å². The first kappa shape index (κ1) is 20.9. The summed E-state index contributed by atoms with van der Waals surface area (Å²) < 4.78 is 20.1. The Morgan fingerprint density at radius 2 is 1.96 bits per heavy atom. The number of ether oxygens (including phenoxy) is 1. The molecule has 0 spiro atoms. The Morgan fingerprint density at radius 1 is 1.23 bits per heavy atom. The number of nitrogens with one attached hydrogen (secondary N) is 1. The zero-order valence-electron chi connectivity index (χ0n) is 14.4. The summed E-state index contributed by atoms with van der Waals surface area (Å²) in [6.45, 7) is 2.22. The van der Waals surface area contributed by atoms with E-state index in [-0.39, 0.29) is 12.8 Å². The summed E-state index contributed by atoms with van der Waals surface area (Å²) in [5, 5.41) is 14.1. The third-order valence-corrected chi connectivity index (χ3v) is 4.37. The van der Waals surface area contributed by atoms with Gasteiger partial charge in [-0.05, 0) is 48.7 Å². The molecule has 0 heterocycles. The molecule has 0 saturated heterocycles. The zero-order valence-corrected chi connectivity index (χ0v) is 16.1. The van der Waals surface area contributed by atoms with Crippen molar-refractivity contribution < 1.29 is 23.8 Å². The van der Waals surface area contributed by atoms with Gasteiger partial charge in [-0.15, -0.1) is 0 Å². The number of hydrogen-bond acceptors (Lipinski definition) is 5. The standard InChI is InChI=1S/C18H23ClNO5P/c1-13(20-11-18(21)15-3-2-4-16(19)10-15)9-14-5-7-17(8-6-14)24-12-25-26(22)23/h2-8,10,13,18,20-21,26H,9,11-12H2,1H3,(H,22,23). The molecule has 6 nitrogen and oxygen atoms in total. The fraction of sp³-hybridized carbons (Fsp3) is 0.333. The van der Waals surface area contributed by atoms with Crippen molar-refractivity contribution in [3.8, 4) is 5.75 Å². The Morgan fingerprint density at radius 3 is 2.62 bits per heavy atom. The number of hydrogen-bond donors (Lipinski definition) is 3. The van der Waals surface area contributed by atoms with E-state index in [1.807, 2.05) is 31.2 Å². The van der Waals surface area contributed by atoms with Crippen LogP contribution in [0, 0.1) is 0 Å². The number of halogens is 1. The molecule has 3 unspecified atom stereocenters. The van der Waals surface area contributed by atoms with E-state index in [2.05, 4.69) is 9.84 Å². The molecule has 3 N–H and O–H groups in total. The first-order valence-electron chi connectivity index (χ1n) is 8.18. The van der Waals surface area contributed by atoms with E-state index in [1.165, 1.54) is 0 Å². The minimum Gasteiger partial charge on any atom is -0.467 e. The first-order valence-corrected chi connectivity index (χ1v) is 9.82. The van der Waals surface area contributed by atoms with E-state index in [0.29, 0.717) is 17.3 Å². The highest BCUT2D eigenvalue weighted by Gasteiger charge is 2.10. The molecule has 0 aromatic heterocycles. The van der Waals surface area contributed by atoms with Gasteiger partial charge in [-0.25, -0.2) is 0 Å². The number of aliphatic hydroxyl groups is 1. The lowest BCUT2D eigenvalue weighted by molar-refractivity contribution is 0.115. The molecule has 2 rings (SSSR count). The van der Waals surface area contributed by atoms with Crippen LogP contribution >= 0.6 is 19.9 Å². The van der Waals surface area contributed by atoms with Crippen LogP contribution in [0.2, 0.25) is 5.02 Å². The van der Waals surface area contributed by atoms with Crippen molar-refractivity contribution in [1.82, 2.24) is 5.32 Å². The zero-order chi connectivity index (χ0) is 18.9. The summed E-state index contributed by atoms with van der Waals surface area (Å²) in [6.07, 6.45) is 0.162. The summed E-state index contributed by atoms with van der Waals surface area (Å²) >= 11 is 5.94. The summed E-state index contributed by atoms with van der Waals surface area (Å²) in [4.78, 5) is 8.56. The van der Waals surface area contributed by atoms with Crippen molar-refractivity contribution in [2.45, 2.75) is 25.5 Å². The molecule has 0 saturated carbocycles. The molecule has 26 heavy (non-hydrogen) atoms. The van der Waals surface area contributed by atoms with E-state index in [0.717, 1.165) is 17.5 Å². The second kappa shape index (κ2) is 10.7. The normalized spacial score (nSPS) is 14.6. The van der Waals surface area contributed by atoms with Crippen LogP contribution in [-0.2, 0) is 15.5 Å². The quantitative estimate of drug-likeness (QED) is 0.419. The Bertz CT molecular complexity index is 713. The van der Waals surface area contributed by atoms with Gasteiger partial charge in [-0.2, -0.15) is 0 Å². The predicted octanol–water partition coefficient (Wildman–Crippen LogP) is 3.33. The highest BCUT2D eigenvalue weighted by Crippen LogP contribution is 2.19. The van der Waals surface area contributed by atoms with Gasteiger partial charge >= 0.3 is 8.25 Å². The Kier molecular flexibility index (Phi) is 8.59. The van der Waals surface area contributed by atoms with Crippen LogP contribution in [0.3, 0.4) is 0 Å². The molecule has 0 fully saturated rings. The molecule has 8 heteroatoms. The van der Waals surface area contributed by atoms with Gasteiger partial charge in [0.2, 0.25) is 0 Å². The minimum absolute atomic E-state index is 0.166. The van der Waals surface area contributed by atoms with Gasteiger partial charge < -0.3 is 20.1 Å². The van der Waals surface area contributed by atoms with Crippen molar-refractivity contribution in [3.05, 3.63) is 64.7 Å². The van der Waals surface area contributed by atoms with Crippen LogP contribution in [0.4, 0.5) is 0 Å². The van der Waals surface area contributed by atoms with Gasteiger partial charge in [0.05, 0.1) is 6.10 Å². The maximum Gasteiger partial charge on any atom is 0.319 e. The van der Waals surface area contributed by atoms with Gasteiger partial charge in [0.15, 0.2) is 6.79 Å².